The van der Waals surface area contributed by atoms with E-state index >= 15 is 0 Å². The van der Waals surface area contributed by atoms with Crippen molar-refractivity contribution in [3.05, 3.63) is 92.3 Å². The fraction of sp³-hybridized carbons (Fsp3) is 0.412. The van der Waals surface area contributed by atoms with Gasteiger partial charge in [0.1, 0.15) is 24.7 Å². The van der Waals surface area contributed by atoms with Crippen molar-refractivity contribution in [3.8, 4) is 11.5 Å². The molecule has 0 atom stereocenters. The van der Waals surface area contributed by atoms with Crippen LogP contribution in [-0.4, -0.2) is 65.0 Å². The first kappa shape index (κ1) is 37.0. The van der Waals surface area contributed by atoms with Gasteiger partial charge in [-0.05, 0) is 73.8 Å². The van der Waals surface area contributed by atoms with E-state index in [-0.39, 0.29) is 22.9 Å². The Hall–Kier alpha value is -2.78. The van der Waals surface area contributed by atoms with Crippen LogP contribution in [0.5, 0.6) is 11.5 Å². The Bertz CT molecular complexity index is 1620. The minimum atomic E-state index is -3.65. The molecule has 13 heteroatoms. The highest BCUT2D eigenvalue weighted by atomic mass is 32.2. The average Bonchev–Trinajstić information content (AvgIpc) is 3.69. The van der Waals surface area contributed by atoms with Crippen LogP contribution in [0.15, 0.2) is 81.2 Å². The van der Waals surface area contributed by atoms with E-state index in [0.29, 0.717) is 63.9 Å². The molecule has 0 N–H and O–H groups in total. The summed E-state index contributed by atoms with van der Waals surface area (Å²) in [4.78, 5) is 2.24. The maximum atomic E-state index is 13.4. The monoisotopic (exact) mass is 720 g/mol. The zero-order valence-electron chi connectivity index (χ0n) is 27.4. The van der Waals surface area contributed by atoms with Gasteiger partial charge in [-0.3, -0.25) is 0 Å². The molecule has 0 amide bonds. The Morgan fingerprint density at radius 1 is 0.574 bits per heavy atom. The van der Waals surface area contributed by atoms with Crippen LogP contribution >= 0.6 is 22.7 Å². The summed E-state index contributed by atoms with van der Waals surface area (Å²) in [5, 5.41) is 3.79. The van der Waals surface area contributed by atoms with Gasteiger partial charge in [0, 0.05) is 13.1 Å². The molecule has 0 saturated heterocycles. The molecule has 256 valence electrons. The third-order valence-electron chi connectivity index (χ3n) is 7.28. The average molecular weight is 721 g/mol. The Morgan fingerprint density at radius 3 is 1.32 bits per heavy atom. The minimum absolute atomic E-state index is 0.233. The van der Waals surface area contributed by atoms with Crippen molar-refractivity contribution in [2.75, 3.05) is 39.5 Å². The maximum Gasteiger partial charge on any atom is 0.243 e. The number of thiophene rings is 2. The molecule has 0 spiro atoms. The lowest BCUT2D eigenvalue weighted by molar-refractivity contribution is 0.0760. The molecule has 0 aliphatic heterocycles. The van der Waals surface area contributed by atoms with Crippen LogP contribution in [0.25, 0.3) is 0 Å². The lowest BCUT2D eigenvalue weighted by Gasteiger charge is -2.22. The Kier molecular flexibility index (Phi) is 13.8. The highest BCUT2D eigenvalue weighted by molar-refractivity contribution is 7.89. The summed E-state index contributed by atoms with van der Waals surface area (Å²) in [5.41, 5.74) is 2.01. The van der Waals surface area contributed by atoms with E-state index in [1.807, 2.05) is 74.9 Å². The third-order valence-corrected chi connectivity index (χ3v) is 12.8. The van der Waals surface area contributed by atoms with Crippen LogP contribution in [0, 0.1) is 13.8 Å². The molecular weight excluding hydrogens is 677 g/mol. The summed E-state index contributed by atoms with van der Waals surface area (Å²) in [7, 11) is -7.30. The lowest BCUT2D eigenvalue weighted by atomic mass is 10.2. The molecule has 2 aromatic heterocycles. The van der Waals surface area contributed by atoms with Crippen LogP contribution in [0.2, 0.25) is 0 Å². The molecule has 9 nitrogen and oxygen atoms in total. The molecule has 4 rings (SSSR count). The summed E-state index contributed by atoms with van der Waals surface area (Å²) in [6.07, 6.45) is 1.39. The lowest BCUT2D eigenvalue weighted by Crippen LogP contribution is -2.31. The molecule has 0 aliphatic rings. The Balaban J connectivity index is 1.24. The van der Waals surface area contributed by atoms with Crippen LogP contribution in [0.3, 0.4) is 0 Å². The first-order valence-electron chi connectivity index (χ1n) is 15.7. The van der Waals surface area contributed by atoms with E-state index in [1.165, 1.54) is 31.3 Å². The number of hydrogen-bond donors (Lipinski definition) is 0. The zero-order valence-corrected chi connectivity index (χ0v) is 30.7. The largest absolute Gasteiger partial charge is 0.490 e. The van der Waals surface area contributed by atoms with Crippen LogP contribution in [0.1, 0.15) is 47.6 Å². The van der Waals surface area contributed by atoms with Gasteiger partial charge in [0.25, 0.3) is 0 Å². The molecule has 4 aromatic rings. The van der Waals surface area contributed by atoms with Gasteiger partial charge in [0.05, 0.1) is 45.8 Å². The standard InChI is InChI=1S/C34H44N2O7S4/c1-5-17-35(46(37,38)29-11-7-27(3)8-12-29)25-33-31(15-23-44-33)42-21-19-41-20-22-43-32-16-24-45-34(32)26-36(18-6-2)47(39,40)30-13-9-28(4)10-14-30/h7-16,23-24H,5-6,17-22,25-26H2,1-4H3. The zero-order chi connectivity index (χ0) is 33.9. The normalized spacial score (nSPS) is 12.2. The summed E-state index contributed by atoms with van der Waals surface area (Å²) in [6.45, 7) is 10.3. The van der Waals surface area contributed by atoms with Crippen molar-refractivity contribution in [1.82, 2.24) is 8.61 Å². The van der Waals surface area contributed by atoms with Gasteiger partial charge in [-0.25, -0.2) is 16.8 Å². The second-order valence-electron chi connectivity index (χ2n) is 11.0. The molecule has 0 aliphatic carbocycles. The van der Waals surface area contributed by atoms with Crippen molar-refractivity contribution in [1.29, 1.82) is 0 Å². The number of sulfonamides is 2. The topological polar surface area (TPSA) is 102 Å². The summed E-state index contributed by atoms with van der Waals surface area (Å²) < 4.78 is 74.1. The van der Waals surface area contributed by atoms with Crippen molar-refractivity contribution in [2.45, 2.75) is 63.4 Å². The van der Waals surface area contributed by atoms with Crippen LogP contribution in [-0.2, 0) is 37.9 Å². The van der Waals surface area contributed by atoms with Gasteiger partial charge >= 0.3 is 0 Å². The molecule has 0 bridgehead atoms. The van der Waals surface area contributed by atoms with Crippen molar-refractivity contribution in [2.24, 2.45) is 0 Å². The molecular formula is C34H44N2O7S4. The van der Waals surface area contributed by atoms with Crippen LogP contribution in [0.4, 0.5) is 0 Å². The van der Waals surface area contributed by atoms with Crippen molar-refractivity contribution >= 4 is 42.7 Å². The van der Waals surface area contributed by atoms with E-state index in [1.54, 1.807) is 24.3 Å². The third kappa shape index (κ3) is 10.1. The molecule has 47 heavy (non-hydrogen) atoms. The maximum absolute atomic E-state index is 13.4. The second-order valence-corrected chi connectivity index (χ2v) is 16.9. The van der Waals surface area contributed by atoms with E-state index in [0.717, 1.165) is 20.9 Å². The number of nitrogens with zero attached hydrogens (tertiary/aromatic N) is 2. The van der Waals surface area contributed by atoms with Crippen molar-refractivity contribution < 1.29 is 31.0 Å². The molecule has 0 saturated carbocycles. The minimum Gasteiger partial charge on any atom is -0.490 e. The van der Waals surface area contributed by atoms with E-state index in [9.17, 15) is 16.8 Å². The molecule has 0 radical (unpaired) electrons. The highest BCUT2D eigenvalue weighted by Gasteiger charge is 2.27. The summed E-state index contributed by atoms with van der Waals surface area (Å²) in [6, 6.07) is 17.5. The number of ether oxygens (including phenoxy) is 3. The van der Waals surface area contributed by atoms with E-state index < -0.39 is 20.0 Å². The first-order valence-corrected chi connectivity index (χ1v) is 20.3. The highest BCUT2D eigenvalue weighted by Crippen LogP contribution is 2.30. The molecule has 0 fully saturated rings. The van der Waals surface area contributed by atoms with Gasteiger partial charge < -0.3 is 14.2 Å². The van der Waals surface area contributed by atoms with Gasteiger partial charge in [-0.15, -0.1) is 22.7 Å². The predicted molar refractivity (Wildman–Crippen MR) is 189 cm³/mol. The molecule has 0 unspecified atom stereocenters. The van der Waals surface area contributed by atoms with Gasteiger partial charge in [-0.1, -0.05) is 49.2 Å². The first-order chi connectivity index (χ1) is 22.6. The number of rotatable bonds is 20. The summed E-state index contributed by atoms with van der Waals surface area (Å²) >= 11 is 2.93. The fourth-order valence-corrected chi connectivity index (χ4v) is 9.60. The number of hydrogen-bond acceptors (Lipinski definition) is 9. The number of benzene rings is 2. The SMILES string of the molecule is CCCN(Cc1sccc1OCCOCCOc1ccsc1CN(CCC)S(=O)(=O)c1ccc(C)cc1)S(=O)(=O)c1ccc(C)cc1. The van der Waals surface area contributed by atoms with Crippen LogP contribution < -0.4 is 9.47 Å². The fourth-order valence-electron chi connectivity index (χ4n) is 4.77. The predicted octanol–water partition coefficient (Wildman–Crippen LogP) is 7.10. The summed E-state index contributed by atoms with van der Waals surface area (Å²) in [5.74, 6) is 1.30. The van der Waals surface area contributed by atoms with Crippen molar-refractivity contribution in [3.63, 3.8) is 0 Å². The smallest absolute Gasteiger partial charge is 0.243 e. The quantitative estimate of drug-likeness (QED) is 0.0898. The van der Waals surface area contributed by atoms with Gasteiger partial charge in [0.2, 0.25) is 20.0 Å². The molecule has 2 aromatic carbocycles. The van der Waals surface area contributed by atoms with E-state index in [4.69, 9.17) is 14.2 Å². The molecule has 2 heterocycles. The second kappa shape index (κ2) is 17.6. The van der Waals surface area contributed by atoms with Gasteiger partial charge in [0.15, 0.2) is 0 Å². The Labute approximate surface area is 287 Å². The Morgan fingerprint density at radius 2 is 0.957 bits per heavy atom. The van der Waals surface area contributed by atoms with Gasteiger partial charge in [-0.2, -0.15) is 8.61 Å². The number of aryl methyl sites for hydroxylation is 2. The van der Waals surface area contributed by atoms with E-state index in [2.05, 4.69) is 0 Å².